The summed E-state index contributed by atoms with van der Waals surface area (Å²) in [5.41, 5.74) is -1.19. The molecular weight excluding hydrogens is 317 g/mol. The van der Waals surface area contributed by atoms with Gasteiger partial charge in [-0.25, -0.2) is 9.18 Å². The van der Waals surface area contributed by atoms with Crippen molar-refractivity contribution in [2.45, 2.75) is 25.6 Å². The first-order valence-electron chi connectivity index (χ1n) is 7.23. The van der Waals surface area contributed by atoms with E-state index in [0.29, 0.717) is 0 Å². The van der Waals surface area contributed by atoms with Gasteiger partial charge in [-0.15, -0.1) is 0 Å². The SMILES string of the molecule is COc1ccnc(CN2C(=O)NC(C)(Cn3cccn3)C2=O)c1F. The van der Waals surface area contributed by atoms with E-state index in [4.69, 9.17) is 4.74 Å². The van der Waals surface area contributed by atoms with Gasteiger partial charge in [0.2, 0.25) is 0 Å². The molecule has 8 nitrogen and oxygen atoms in total. The Hall–Kier alpha value is -2.97. The Kier molecular flexibility index (Phi) is 3.92. The number of imide groups is 1. The number of rotatable bonds is 5. The molecule has 3 heterocycles. The molecule has 1 aliphatic heterocycles. The molecule has 9 heteroatoms. The van der Waals surface area contributed by atoms with Gasteiger partial charge in [-0.05, 0) is 13.0 Å². The highest BCUT2D eigenvalue weighted by molar-refractivity contribution is 6.06. The average molecular weight is 333 g/mol. The number of nitrogens with one attached hydrogen (secondary N) is 1. The topological polar surface area (TPSA) is 89.3 Å². The minimum absolute atomic E-state index is 0.00589. The van der Waals surface area contributed by atoms with Gasteiger partial charge >= 0.3 is 6.03 Å². The van der Waals surface area contributed by atoms with Crippen molar-refractivity contribution in [1.29, 1.82) is 0 Å². The van der Waals surface area contributed by atoms with E-state index in [2.05, 4.69) is 15.4 Å². The third-order valence-corrected chi connectivity index (χ3v) is 3.84. The first-order valence-corrected chi connectivity index (χ1v) is 7.23. The molecule has 1 fully saturated rings. The number of aromatic nitrogens is 3. The number of carbonyl (C=O) groups is 2. The van der Waals surface area contributed by atoms with Crippen molar-refractivity contribution in [2.75, 3.05) is 7.11 Å². The molecule has 126 valence electrons. The van der Waals surface area contributed by atoms with E-state index in [1.54, 1.807) is 30.1 Å². The third-order valence-electron chi connectivity index (χ3n) is 3.84. The minimum atomic E-state index is -1.15. The van der Waals surface area contributed by atoms with Crippen LogP contribution in [-0.4, -0.2) is 44.3 Å². The average Bonchev–Trinajstić information content (AvgIpc) is 3.11. The smallest absolute Gasteiger partial charge is 0.325 e. The van der Waals surface area contributed by atoms with E-state index >= 15 is 0 Å². The van der Waals surface area contributed by atoms with Gasteiger partial charge in [0, 0.05) is 24.7 Å². The second-order valence-electron chi connectivity index (χ2n) is 5.63. The highest BCUT2D eigenvalue weighted by Crippen LogP contribution is 2.24. The van der Waals surface area contributed by atoms with Crippen LogP contribution < -0.4 is 10.1 Å². The van der Waals surface area contributed by atoms with E-state index in [0.717, 1.165) is 4.90 Å². The molecule has 0 radical (unpaired) electrons. The zero-order valence-corrected chi connectivity index (χ0v) is 13.2. The molecule has 0 aromatic carbocycles. The number of pyridine rings is 1. The third kappa shape index (κ3) is 2.68. The molecule has 1 saturated heterocycles. The molecule has 2 aromatic rings. The highest BCUT2D eigenvalue weighted by Gasteiger charge is 2.48. The van der Waals surface area contributed by atoms with E-state index in [9.17, 15) is 14.0 Å². The lowest BCUT2D eigenvalue weighted by molar-refractivity contribution is -0.131. The fourth-order valence-corrected chi connectivity index (χ4v) is 2.60. The molecule has 24 heavy (non-hydrogen) atoms. The first-order chi connectivity index (χ1) is 11.4. The maximum atomic E-state index is 14.2. The summed E-state index contributed by atoms with van der Waals surface area (Å²) >= 11 is 0. The summed E-state index contributed by atoms with van der Waals surface area (Å²) in [7, 11) is 1.33. The predicted octanol–water partition coefficient (Wildman–Crippen LogP) is 0.936. The molecule has 0 bridgehead atoms. The second kappa shape index (κ2) is 5.91. The van der Waals surface area contributed by atoms with Crippen LogP contribution >= 0.6 is 0 Å². The van der Waals surface area contributed by atoms with Crippen molar-refractivity contribution in [3.8, 4) is 5.75 Å². The molecule has 2 aromatic heterocycles. The Morgan fingerprint density at radius 3 is 2.83 bits per heavy atom. The van der Waals surface area contributed by atoms with Crippen LogP contribution in [0.15, 0.2) is 30.7 Å². The number of methoxy groups -OCH3 is 1. The first kappa shape index (κ1) is 15.9. The number of hydrogen-bond acceptors (Lipinski definition) is 5. The van der Waals surface area contributed by atoms with Crippen molar-refractivity contribution >= 4 is 11.9 Å². The standard InChI is InChI=1S/C15H16FN5O3/c1-15(9-20-7-3-5-18-20)13(22)21(14(23)19-15)8-10-12(16)11(24-2)4-6-17-10/h3-7H,8-9H2,1-2H3,(H,19,23). The molecule has 0 aliphatic carbocycles. The van der Waals surface area contributed by atoms with Gasteiger partial charge in [-0.2, -0.15) is 5.10 Å². The Labute approximate surface area is 137 Å². The summed E-state index contributed by atoms with van der Waals surface area (Å²) in [5.74, 6) is -1.15. The lowest BCUT2D eigenvalue weighted by Gasteiger charge is -2.21. The normalized spacial score (nSPS) is 20.4. The van der Waals surface area contributed by atoms with Crippen LogP contribution in [0.25, 0.3) is 0 Å². The van der Waals surface area contributed by atoms with Crippen LogP contribution in [0.5, 0.6) is 5.75 Å². The number of ether oxygens (including phenoxy) is 1. The van der Waals surface area contributed by atoms with Crippen LogP contribution in [0.4, 0.5) is 9.18 Å². The molecule has 3 amide bonds. The zero-order chi connectivity index (χ0) is 17.3. The van der Waals surface area contributed by atoms with Crippen LogP contribution in [0.1, 0.15) is 12.6 Å². The van der Waals surface area contributed by atoms with E-state index in [-0.39, 0.29) is 24.5 Å². The van der Waals surface area contributed by atoms with Gasteiger partial charge in [0.1, 0.15) is 5.54 Å². The molecule has 1 aliphatic rings. The maximum Gasteiger partial charge on any atom is 0.325 e. The summed E-state index contributed by atoms with van der Waals surface area (Å²) in [6, 6.07) is 2.49. The molecule has 1 N–H and O–H groups in total. The van der Waals surface area contributed by atoms with Crippen LogP contribution in [0.2, 0.25) is 0 Å². The van der Waals surface area contributed by atoms with Crippen LogP contribution in [0, 0.1) is 5.82 Å². The van der Waals surface area contributed by atoms with E-state index in [1.807, 2.05) is 0 Å². The van der Waals surface area contributed by atoms with Crippen molar-refractivity contribution in [3.63, 3.8) is 0 Å². The highest BCUT2D eigenvalue weighted by atomic mass is 19.1. The van der Waals surface area contributed by atoms with Gasteiger partial charge in [0.15, 0.2) is 11.6 Å². The summed E-state index contributed by atoms with van der Waals surface area (Å²) < 4.78 is 20.6. The Balaban J connectivity index is 1.82. The van der Waals surface area contributed by atoms with Crippen molar-refractivity contribution in [3.05, 3.63) is 42.2 Å². The lowest BCUT2D eigenvalue weighted by atomic mass is 10.0. The largest absolute Gasteiger partial charge is 0.494 e. The Morgan fingerprint density at radius 2 is 2.17 bits per heavy atom. The molecule has 1 unspecified atom stereocenters. The number of nitrogens with zero attached hydrogens (tertiary/aromatic N) is 4. The fraction of sp³-hybridized carbons (Fsp3) is 0.333. The second-order valence-corrected chi connectivity index (χ2v) is 5.63. The number of carbonyl (C=O) groups excluding carboxylic acids is 2. The van der Waals surface area contributed by atoms with Crippen molar-refractivity contribution in [1.82, 2.24) is 25.0 Å². The molecule has 1 atom stereocenters. The summed E-state index contributed by atoms with van der Waals surface area (Å²) in [6.45, 7) is 1.50. The van der Waals surface area contributed by atoms with Gasteiger partial charge in [0.25, 0.3) is 5.91 Å². The summed E-state index contributed by atoms with van der Waals surface area (Å²) in [6.07, 6.45) is 4.63. The van der Waals surface area contributed by atoms with E-state index in [1.165, 1.54) is 19.4 Å². The summed E-state index contributed by atoms with van der Waals surface area (Å²) in [5, 5.41) is 6.67. The Bertz CT molecular complexity index is 779. The van der Waals surface area contributed by atoms with Gasteiger partial charge < -0.3 is 10.1 Å². The lowest BCUT2D eigenvalue weighted by Crippen LogP contribution is -2.47. The number of urea groups is 1. The summed E-state index contributed by atoms with van der Waals surface area (Å²) in [4.78, 5) is 29.7. The van der Waals surface area contributed by atoms with E-state index < -0.39 is 23.3 Å². The maximum absolute atomic E-state index is 14.2. The van der Waals surface area contributed by atoms with Gasteiger partial charge in [-0.1, -0.05) is 0 Å². The molecular formula is C15H16FN5O3. The number of amides is 3. The number of hydrogen-bond donors (Lipinski definition) is 1. The predicted molar refractivity (Wildman–Crippen MR) is 80.5 cm³/mol. The molecule has 3 rings (SSSR count). The van der Waals surface area contributed by atoms with Crippen molar-refractivity contribution in [2.24, 2.45) is 0 Å². The van der Waals surface area contributed by atoms with Gasteiger partial charge in [0.05, 0.1) is 25.9 Å². The van der Waals surface area contributed by atoms with Gasteiger partial charge in [-0.3, -0.25) is 19.4 Å². The fourth-order valence-electron chi connectivity index (χ4n) is 2.60. The number of halogens is 1. The quantitative estimate of drug-likeness (QED) is 0.823. The van der Waals surface area contributed by atoms with Crippen LogP contribution in [0.3, 0.4) is 0 Å². The minimum Gasteiger partial charge on any atom is -0.494 e. The zero-order valence-electron chi connectivity index (χ0n) is 13.2. The molecule has 0 saturated carbocycles. The van der Waals surface area contributed by atoms with Crippen LogP contribution in [-0.2, 0) is 17.9 Å². The monoisotopic (exact) mass is 333 g/mol. The molecule has 0 spiro atoms. The Morgan fingerprint density at radius 1 is 1.38 bits per heavy atom. The van der Waals surface area contributed by atoms with Crippen molar-refractivity contribution < 1.29 is 18.7 Å².